The smallest absolute Gasteiger partial charge is 0.350 e. The van der Waals surface area contributed by atoms with Crippen molar-refractivity contribution in [2.45, 2.75) is 26.4 Å². The highest BCUT2D eigenvalue weighted by molar-refractivity contribution is 5.94. The number of benzene rings is 3. The zero-order valence-corrected chi connectivity index (χ0v) is 18.7. The molecule has 0 bridgehead atoms. The van der Waals surface area contributed by atoms with Gasteiger partial charge in [-0.1, -0.05) is 43.3 Å². The van der Waals surface area contributed by atoms with Gasteiger partial charge in [-0.05, 0) is 47.9 Å². The highest BCUT2D eigenvalue weighted by atomic mass is 16.7. The summed E-state index contributed by atoms with van der Waals surface area (Å²) in [6.07, 6.45) is 0.796. The molecule has 0 unspecified atom stereocenters. The van der Waals surface area contributed by atoms with Crippen molar-refractivity contribution in [2.75, 3.05) is 17.4 Å². The van der Waals surface area contributed by atoms with Crippen LogP contribution in [0.2, 0.25) is 0 Å². The number of amides is 1. The molecule has 0 saturated carbocycles. The topological polar surface area (TPSA) is 94.5 Å². The summed E-state index contributed by atoms with van der Waals surface area (Å²) in [5, 5.41) is 6.92. The van der Waals surface area contributed by atoms with Crippen LogP contribution in [0.5, 0.6) is 11.5 Å². The first-order chi connectivity index (χ1) is 16.6. The molecule has 1 aliphatic rings. The maximum atomic E-state index is 12.9. The Hall–Kier alpha value is -4.33. The lowest BCUT2D eigenvalue weighted by molar-refractivity contribution is -0.116. The van der Waals surface area contributed by atoms with Crippen molar-refractivity contribution in [2.24, 2.45) is 0 Å². The van der Waals surface area contributed by atoms with E-state index in [-0.39, 0.29) is 19.2 Å². The quantitative estimate of drug-likeness (QED) is 0.438. The predicted molar refractivity (Wildman–Crippen MR) is 130 cm³/mol. The van der Waals surface area contributed by atoms with Gasteiger partial charge in [-0.25, -0.2) is 4.79 Å². The van der Waals surface area contributed by atoms with E-state index < -0.39 is 5.69 Å². The van der Waals surface area contributed by atoms with E-state index in [1.807, 2.05) is 73.7 Å². The van der Waals surface area contributed by atoms with Gasteiger partial charge in [0.1, 0.15) is 12.4 Å². The van der Waals surface area contributed by atoms with Crippen LogP contribution in [0.15, 0.2) is 71.5 Å². The fraction of sp³-hybridized carbons (Fsp3) is 0.192. The number of hydrogen-bond donors (Lipinski definition) is 2. The van der Waals surface area contributed by atoms with Crippen LogP contribution in [0.4, 0.5) is 11.5 Å². The maximum absolute atomic E-state index is 12.9. The molecule has 5 rings (SSSR count). The number of para-hydroxylation sites is 2. The molecule has 1 aliphatic heterocycles. The number of nitrogens with zero attached hydrogens (tertiary/aromatic N) is 2. The van der Waals surface area contributed by atoms with E-state index in [9.17, 15) is 9.59 Å². The average molecular weight is 457 g/mol. The summed E-state index contributed by atoms with van der Waals surface area (Å²) in [6, 6.07) is 20.7. The third kappa shape index (κ3) is 4.30. The molecule has 34 heavy (non-hydrogen) atoms. The van der Waals surface area contributed by atoms with Crippen molar-refractivity contribution in [3.63, 3.8) is 0 Å². The van der Waals surface area contributed by atoms with Crippen molar-refractivity contribution in [3.8, 4) is 11.5 Å². The molecule has 0 spiro atoms. The van der Waals surface area contributed by atoms with E-state index >= 15 is 0 Å². The predicted octanol–water partition coefficient (Wildman–Crippen LogP) is 3.94. The van der Waals surface area contributed by atoms with Crippen molar-refractivity contribution in [1.29, 1.82) is 0 Å². The van der Waals surface area contributed by atoms with Crippen LogP contribution in [-0.4, -0.2) is 22.3 Å². The van der Waals surface area contributed by atoms with Gasteiger partial charge < -0.3 is 20.1 Å². The van der Waals surface area contributed by atoms with Gasteiger partial charge in [0, 0.05) is 17.6 Å². The van der Waals surface area contributed by atoms with Crippen LogP contribution in [0.3, 0.4) is 0 Å². The second-order valence-electron chi connectivity index (χ2n) is 7.95. The SMILES string of the molecule is CCc1ccccc1NC(=O)Cn1c(=O)nc(NCc2ccc3c(c2)OCO3)c2ccccc21. The molecule has 2 N–H and O–H groups in total. The van der Waals surface area contributed by atoms with E-state index in [0.717, 1.165) is 34.4 Å². The third-order valence-electron chi connectivity index (χ3n) is 5.76. The van der Waals surface area contributed by atoms with Gasteiger partial charge >= 0.3 is 5.69 Å². The largest absolute Gasteiger partial charge is 0.454 e. The van der Waals surface area contributed by atoms with Crippen molar-refractivity contribution < 1.29 is 14.3 Å². The first-order valence-electron chi connectivity index (χ1n) is 11.1. The van der Waals surface area contributed by atoms with Gasteiger partial charge in [-0.2, -0.15) is 4.98 Å². The summed E-state index contributed by atoms with van der Waals surface area (Å²) in [5.41, 5.74) is 2.89. The molecule has 1 aromatic heterocycles. The van der Waals surface area contributed by atoms with E-state index in [1.165, 1.54) is 4.57 Å². The minimum atomic E-state index is -0.495. The number of aryl methyl sites for hydroxylation is 1. The summed E-state index contributed by atoms with van der Waals surface area (Å²) in [7, 11) is 0. The highest BCUT2D eigenvalue weighted by Gasteiger charge is 2.16. The molecule has 4 aromatic rings. The Bertz CT molecular complexity index is 1430. The summed E-state index contributed by atoms with van der Waals surface area (Å²) in [4.78, 5) is 30.0. The number of rotatable bonds is 7. The molecule has 8 heteroatoms. The number of fused-ring (bicyclic) bond motifs is 2. The van der Waals surface area contributed by atoms with Gasteiger partial charge in [0.05, 0.1) is 5.52 Å². The summed E-state index contributed by atoms with van der Waals surface area (Å²) in [5.74, 6) is 1.60. The average Bonchev–Trinajstić information content (AvgIpc) is 3.33. The van der Waals surface area contributed by atoms with Crippen LogP contribution in [0, 0.1) is 0 Å². The Morgan fingerprint density at radius 3 is 2.71 bits per heavy atom. The molecular formula is C26H24N4O4. The van der Waals surface area contributed by atoms with Crippen LogP contribution in [0.1, 0.15) is 18.1 Å². The number of aromatic nitrogens is 2. The lowest BCUT2D eigenvalue weighted by Crippen LogP contribution is -2.30. The molecule has 1 amide bonds. The highest BCUT2D eigenvalue weighted by Crippen LogP contribution is 2.32. The number of carbonyl (C=O) groups excluding carboxylic acids is 1. The van der Waals surface area contributed by atoms with Crippen LogP contribution < -0.4 is 25.8 Å². The summed E-state index contributed by atoms with van der Waals surface area (Å²) in [6.45, 7) is 2.56. The van der Waals surface area contributed by atoms with E-state index in [0.29, 0.717) is 23.6 Å². The molecular weight excluding hydrogens is 432 g/mol. The van der Waals surface area contributed by atoms with Crippen molar-refractivity contribution in [3.05, 3.63) is 88.3 Å². The zero-order chi connectivity index (χ0) is 23.5. The molecule has 0 aliphatic carbocycles. The third-order valence-corrected chi connectivity index (χ3v) is 5.76. The fourth-order valence-corrected chi connectivity index (χ4v) is 4.04. The fourth-order valence-electron chi connectivity index (χ4n) is 4.04. The van der Waals surface area contributed by atoms with Gasteiger partial charge in [0.25, 0.3) is 0 Å². The molecule has 2 heterocycles. The number of anilines is 2. The van der Waals surface area contributed by atoms with Crippen molar-refractivity contribution in [1.82, 2.24) is 9.55 Å². The minimum absolute atomic E-state index is 0.132. The second-order valence-corrected chi connectivity index (χ2v) is 7.95. The first-order valence-corrected chi connectivity index (χ1v) is 11.1. The second kappa shape index (κ2) is 9.27. The number of nitrogens with one attached hydrogen (secondary N) is 2. The van der Waals surface area contributed by atoms with Crippen LogP contribution in [-0.2, 0) is 24.3 Å². The van der Waals surface area contributed by atoms with Crippen molar-refractivity contribution >= 4 is 28.3 Å². The Morgan fingerprint density at radius 2 is 1.82 bits per heavy atom. The summed E-state index contributed by atoms with van der Waals surface area (Å²) >= 11 is 0. The lowest BCUT2D eigenvalue weighted by Gasteiger charge is -2.15. The number of carbonyl (C=O) groups is 1. The van der Waals surface area contributed by atoms with Gasteiger partial charge in [-0.15, -0.1) is 0 Å². The molecule has 0 saturated heterocycles. The molecule has 0 radical (unpaired) electrons. The van der Waals surface area contributed by atoms with Gasteiger partial charge in [0.2, 0.25) is 12.7 Å². The summed E-state index contributed by atoms with van der Waals surface area (Å²) < 4.78 is 12.2. The monoisotopic (exact) mass is 456 g/mol. The molecule has 172 valence electrons. The van der Waals surface area contributed by atoms with E-state index in [2.05, 4.69) is 15.6 Å². The number of ether oxygens (including phenoxy) is 2. The Balaban J connectivity index is 1.39. The van der Waals surface area contributed by atoms with Gasteiger partial charge in [-0.3, -0.25) is 9.36 Å². The Kier molecular flexibility index (Phi) is 5.86. The molecule has 0 fully saturated rings. The normalized spacial score (nSPS) is 12.0. The first kappa shape index (κ1) is 21.5. The minimum Gasteiger partial charge on any atom is -0.454 e. The molecule has 3 aromatic carbocycles. The maximum Gasteiger partial charge on any atom is 0.350 e. The Labute approximate surface area is 196 Å². The zero-order valence-electron chi connectivity index (χ0n) is 18.7. The Morgan fingerprint density at radius 1 is 1.03 bits per heavy atom. The lowest BCUT2D eigenvalue weighted by atomic mass is 10.1. The van der Waals surface area contributed by atoms with E-state index in [1.54, 1.807) is 0 Å². The standard InChI is InChI=1S/C26H24N4O4/c1-2-18-7-3-5-9-20(18)28-24(31)15-30-21-10-6-4-8-19(21)25(29-26(30)32)27-14-17-11-12-22-23(13-17)34-16-33-22/h3-13H,2,14-16H2,1H3,(H,28,31)(H,27,29,32). The van der Waals surface area contributed by atoms with Crippen LogP contribution >= 0.6 is 0 Å². The van der Waals surface area contributed by atoms with E-state index in [4.69, 9.17) is 9.47 Å². The molecule has 0 atom stereocenters. The number of hydrogen-bond acceptors (Lipinski definition) is 6. The van der Waals surface area contributed by atoms with Crippen LogP contribution in [0.25, 0.3) is 10.9 Å². The molecule has 8 nitrogen and oxygen atoms in total. The van der Waals surface area contributed by atoms with Gasteiger partial charge in [0.15, 0.2) is 11.5 Å².